The van der Waals surface area contributed by atoms with Crippen molar-refractivity contribution in [1.29, 1.82) is 0 Å². The van der Waals surface area contributed by atoms with Gasteiger partial charge in [0.05, 0.1) is 18.5 Å². The average molecular weight is 415 g/mol. The van der Waals surface area contributed by atoms with Crippen LogP contribution in [0, 0.1) is 13.8 Å². The Morgan fingerprint density at radius 3 is 2.40 bits per heavy atom. The highest BCUT2D eigenvalue weighted by Crippen LogP contribution is 2.26. The van der Waals surface area contributed by atoms with Gasteiger partial charge in [0, 0.05) is 17.5 Å². The lowest BCUT2D eigenvalue weighted by molar-refractivity contribution is 0.415. The number of hydrogen-bond donors (Lipinski definition) is 0. The maximum Gasteiger partial charge on any atom is 0.190 e. The second-order valence-corrected chi connectivity index (χ2v) is 8.26. The molecule has 0 atom stereocenters. The van der Waals surface area contributed by atoms with Crippen molar-refractivity contribution in [2.24, 2.45) is 4.99 Å². The first-order chi connectivity index (χ1) is 14.6. The van der Waals surface area contributed by atoms with Crippen LogP contribution in [0.2, 0.25) is 0 Å². The maximum absolute atomic E-state index is 5.27. The van der Waals surface area contributed by atoms with Gasteiger partial charge in [-0.3, -0.25) is 0 Å². The van der Waals surface area contributed by atoms with Crippen molar-refractivity contribution in [2.45, 2.75) is 26.8 Å². The molecule has 0 fully saturated rings. The van der Waals surface area contributed by atoms with Crippen LogP contribution in [0.5, 0.6) is 5.75 Å². The van der Waals surface area contributed by atoms with E-state index in [1.54, 1.807) is 18.4 Å². The molecule has 152 valence electrons. The van der Waals surface area contributed by atoms with Crippen molar-refractivity contribution in [3.8, 4) is 17.0 Å². The molecule has 4 heteroatoms. The highest BCUT2D eigenvalue weighted by atomic mass is 32.1. The molecule has 0 N–H and O–H groups in total. The molecule has 3 nitrogen and oxygen atoms in total. The van der Waals surface area contributed by atoms with Crippen molar-refractivity contribution >= 4 is 17.0 Å². The van der Waals surface area contributed by atoms with E-state index >= 15 is 0 Å². The standard InChI is InChI=1S/C26H26N2OS/c1-19-9-14-24(20(2)17-19)25-18-30-26(27-22-10-12-23(29-3)13-11-22)28(25)16-15-21-7-5-4-6-8-21/h4-14,17-18H,15-16H2,1-3H3. The number of aromatic nitrogens is 1. The predicted molar refractivity (Wildman–Crippen MR) is 126 cm³/mol. The number of thiazole rings is 1. The topological polar surface area (TPSA) is 26.5 Å². The average Bonchev–Trinajstić information content (AvgIpc) is 3.15. The van der Waals surface area contributed by atoms with Crippen molar-refractivity contribution in [3.63, 3.8) is 0 Å². The third-order valence-electron chi connectivity index (χ3n) is 5.22. The van der Waals surface area contributed by atoms with E-state index in [9.17, 15) is 0 Å². The van der Waals surface area contributed by atoms with Crippen molar-refractivity contribution in [2.75, 3.05) is 7.11 Å². The maximum atomic E-state index is 5.27. The van der Waals surface area contributed by atoms with Crippen LogP contribution < -0.4 is 9.54 Å². The monoisotopic (exact) mass is 414 g/mol. The Hall–Kier alpha value is -3.11. The van der Waals surface area contributed by atoms with Crippen molar-refractivity contribution in [3.05, 3.63) is 99.7 Å². The Morgan fingerprint density at radius 1 is 0.933 bits per heavy atom. The molecular weight excluding hydrogens is 388 g/mol. The van der Waals surface area contributed by atoms with Crippen LogP contribution in [0.25, 0.3) is 11.3 Å². The highest BCUT2D eigenvalue weighted by molar-refractivity contribution is 7.07. The summed E-state index contributed by atoms with van der Waals surface area (Å²) in [6, 6.07) is 25.2. The summed E-state index contributed by atoms with van der Waals surface area (Å²) in [7, 11) is 1.68. The number of aryl methyl sites for hydroxylation is 3. The molecule has 0 saturated carbocycles. The number of rotatable bonds is 6. The van der Waals surface area contributed by atoms with E-state index in [1.807, 2.05) is 24.3 Å². The van der Waals surface area contributed by atoms with Gasteiger partial charge in [0.2, 0.25) is 0 Å². The number of benzene rings is 3. The Balaban J connectivity index is 1.77. The molecule has 0 saturated heterocycles. The molecule has 0 bridgehead atoms. The molecule has 1 aromatic heterocycles. The number of nitrogens with zero attached hydrogens (tertiary/aromatic N) is 2. The Morgan fingerprint density at radius 2 is 1.70 bits per heavy atom. The van der Waals surface area contributed by atoms with Gasteiger partial charge in [0.15, 0.2) is 4.80 Å². The van der Waals surface area contributed by atoms with E-state index in [1.165, 1.54) is 27.9 Å². The van der Waals surface area contributed by atoms with Gasteiger partial charge in [-0.25, -0.2) is 4.99 Å². The first kappa shape index (κ1) is 20.2. The molecule has 0 unspecified atom stereocenters. The van der Waals surface area contributed by atoms with Gasteiger partial charge in [-0.1, -0.05) is 54.1 Å². The molecule has 30 heavy (non-hydrogen) atoms. The molecule has 4 aromatic rings. The van der Waals surface area contributed by atoms with E-state index in [4.69, 9.17) is 9.73 Å². The summed E-state index contributed by atoms with van der Waals surface area (Å²) in [6.07, 6.45) is 0.964. The molecule has 1 heterocycles. The van der Waals surface area contributed by atoms with Crippen LogP contribution in [0.4, 0.5) is 5.69 Å². The quantitative estimate of drug-likeness (QED) is 0.363. The molecule has 0 aliphatic carbocycles. The van der Waals surface area contributed by atoms with Gasteiger partial charge in [0.1, 0.15) is 5.75 Å². The minimum Gasteiger partial charge on any atom is -0.497 e. The third kappa shape index (κ3) is 4.55. The summed E-state index contributed by atoms with van der Waals surface area (Å²) in [5, 5.41) is 2.23. The summed E-state index contributed by atoms with van der Waals surface area (Å²) in [4.78, 5) is 5.95. The lowest BCUT2D eigenvalue weighted by Crippen LogP contribution is -2.17. The summed E-state index contributed by atoms with van der Waals surface area (Å²) in [5.74, 6) is 0.841. The molecular formula is C26H26N2OS. The first-order valence-corrected chi connectivity index (χ1v) is 11.0. The highest BCUT2D eigenvalue weighted by Gasteiger charge is 2.11. The largest absolute Gasteiger partial charge is 0.497 e. The van der Waals surface area contributed by atoms with Gasteiger partial charge in [0.25, 0.3) is 0 Å². The smallest absolute Gasteiger partial charge is 0.190 e. The van der Waals surface area contributed by atoms with Gasteiger partial charge in [-0.05, 0) is 55.7 Å². The van der Waals surface area contributed by atoms with Crippen LogP contribution in [0.3, 0.4) is 0 Å². The summed E-state index contributed by atoms with van der Waals surface area (Å²) >= 11 is 1.69. The molecule has 0 radical (unpaired) electrons. The second-order valence-electron chi connectivity index (χ2n) is 7.42. The van der Waals surface area contributed by atoms with Crippen LogP contribution >= 0.6 is 11.3 Å². The zero-order valence-corrected chi connectivity index (χ0v) is 18.4. The van der Waals surface area contributed by atoms with Gasteiger partial charge in [-0.15, -0.1) is 11.3 Å². The lowest BCUT2D eigenvalue weighted by atomic mass is 10.0. The van der Waals surface area contributed by atoms with E-state index in [0.717, 1.165) is 29.2 Å². The van der Waals surface area contributed by atoms with Gasteiger partial charge >= 0.3 is 0 Å². The molecule has 0 aliphatic rings. The zero-order chi connectivity index (χ0) is 20.9. The van der Waals surface area contributed by atoms with Crippen LogP contribution in [-0.4, -0.2) is 11.7 Å². The SMILES string of the molecule is COc1ccc(N=c2scc(-c3ccc(C)cc3C)n2CCc2ccccc2)cc1. The van der Waals surface area contributed by atoms with E-state index < -0.39 is 0 Å². The molecule has 0 aliphatic heterocycles. The molecule has 3 aromatic carbocycles. The number of methoxy groups -OCH3 is 1. The summed E-state index contributed by atoms with van der Waals surface area (Å²) in [6.45, 7) is 5.20. The Bertz CT molecular complexity index is 1190. The van der Waals surface area contributed by atoms with Gasteiger partial charge in [-0.2, -0.15) is 0 Å². The van der Waals surface area contributed by atoms with Crippen LogP contribution in [0.15, 0.2) is 83.2 Å². The second kappa shape index (κ2) is 9.14. The predicted octanol–water partition coefficient (Wildman–Crippen LogP) is 6.32. The van der Waals surface area contributed by atoms with Crippen LogP contribution in [0.1, 0.15) is 16.7 Å². The van der Waals surface area contributed by atoms with Crippen LogP contribution in [-0.2, 0) is 13.0 Å². The summed E-state index contributed by atoms with van der Waals surface area (Å²) < 4.78 is 7.62. The summed E-state index contributed by atoms with van der Waals surface area (Å²) in [5.41, 5.74) is 7.32. The first-order valence-electron chi connectivity index (χ1n) is 10.1. The minimum absolute atomic E-state index is 0.841. The fraction of sp³-hybridized carbons (Fsp3) is 0.192. The fourth-order valence-corrected chi connectivity index (χ4v) is 4.55. The fourth-order valence-electron chi connectivity index (χ4n) is 3.60. The van der Waals surface area contributed by atoms with Crippen molar-refractivity contribution in [1.82, 2.24) is 4.57 Å². The van der Waals surface area contributed by atoms with E-state index in [2.05, 4.69) is 72.3 Å². The van der Waals surface area contributed by atoms with E-state index in [0.29, 0.717) is 0 Å². The molecule has 0 amide bonds. The minimum atomic E-state index is 0.841. The molecule has 4 rings (SSSR count). The number of hydrogen-bond acceptors (Lipinski definition) is 3. The Labute approximate surface area is 182 Å². The number of ether oxygens (including phenoxy) is 1. The molecule has 0 spiro atoms. The van der Waals surface area contributed by atoms with Gasteiger partial charge < -0.3 is 9.30 Å². The van der Waals surface area contributed by atoms with E-state index in [-0.39, 0.29) is 0 Å². The third-order valence-corrected chi connectivity index (χ3v) is 6.08. The Kier molecular flexibility index (Phi) is 6.15. The normalized spacial score (nSPS) is 11.6. The van der Waals surface area contributed by atoms with Crippen molar-refractivity contribution < 1.29 is 4.74 Å². The lowest BCUT2D eigenvalue weighted by Gasteiger charge is -2.12. The zero-order valence-electron chi connectivity index (χ0n) is 17.6.